The van der Waals surface area contributed by atoms with E-state index in [4.69, 9.17) is 21.1 Å². The number of hydrogen-bond donors (Lipinski definition) is 0. The molecule has 31 heavy (non-hydrogen) atoms. The van der Waals surface area contributed by atoms with Gasteiger partial charge in [0, 0.05) is 26.2 Å². The number of nitrogens with zero attached hydrogens (tertiary/aromatic N) is 2. The molecule has 5 rings (SSSR count). The Balaban J connectivity index is 1.26. The van der Waals surface area contributed by atoms with Crippen molar-refractivity contribution in [3.8, 4) is 5.75 Å². The molecule has 7 heteroatoms. The van der Waals surface area contributed by atoms with Crippen LogP contribution in [0.4, 0.5) is 4.39 Å². The smallest absolute Gasteiger partial charge is 0.255 e. The third kappa shape index (κ3) is 4.04. The predicted molar refractivity (Wildman–Crippen MR) is 116 cm³/mol. The second-order valence-corrected chi connectivity index (χ2v) is 8.98. The highest BCUT2D eigenvalue weighted by atomic mass is 35.5. The summed E-state index contributed by atoms with van der Waals surface area (Å²) in [6, 6.07) is 10.8. The quantitative estimate of drug-likeness (QED) is 0.706. The molecule has 2 aliphatic heterocycles. The number of halogens is 2. The first-order valence-corrected chi connectivity index (χ1v) is 11.2. The van der Waals surface area contributed by atoms with Crippen LogP contribution in [0.25, 0.3) is 0 Å². The molecule has 5 nitrogen and oxygen atoms in total. The number of amides is 1. The fourth-order valence-electron chi connectivity index (χ4n) is 4.64. The fourth-order valence-corrected chi connectivity index (χ4v) is 4.93. The molecule has 2 aromatic rings. The van der Waals surface area contributed by atoms with Gasteiger partial charge in [0.25, 0.3) is 5.91 Å². The monoisotopic (exact) mass is 444 g/mol. The number of fused-ring (bicyclic) bond motifs is 1. The third-order valence-corrected chi connectivity index (χ3v) is 6.99. The summed E-state index contributed by atoms with van der Waals surface area (Å²) in [5.41, 5.74) is 2.33. The summed E-state index contributed by atoms with van der Waals surface area (Å²) in [5, 5.41) is 0.347. The van der Waals surface area contributed by atoms with E-state index in [0.717, 1.165) is 37.1 Å². The van der Waals surface area contributed by atoms with Crippen LogP contribution >= 0.6 is 11.6 Å². The third-order valence-electron chi connectivity index (χ3n) is 6.60. The molecule has 1 amide bonds. The van der Waals surface area contributed by atoms with E-state index in [1.54, 1.807) is 31.4 Å². The normalized spacial score (nSPS) is 24.0. The number of ether oxygens (including phenoxy) is 2. The largest absolute Gasteiger partial charge is 0.495 e. The van der Waals surface area contributed by atoms with E-state index in [-0.39, 0.29) is 23.9 Å². The maximum atomic E-state index is 14.1. The number of benzene rings is 2. The van der Waals surface area contributed by atoms with Gasteiger partial charge in [-0.05, 0) is 54.2 Å². The standard InChI is InChI=1S/C24H26ClFN2O3/c1-30-21-4-2-3-18(23(21)25)24(29)28-10-9-27-13-22(31-14-17(27)12-28)16-7-8-20(26)19(11-16)15-5-6-15/h2-4,7-8,11,15,17,22H,5-6,9-10,12-14H2,1H3/t17-,22-/m0/s1. The van der Waals surface area contributed by atoms with Crippen LogP contribution in [-0.4, -0.2) is 61.6 Å². The van der Waals surface area contributed by atoms with E-state index in [2.05, 4.69) is 4.90 Å². The Morgan fingerprint density at radius 2 is 2.03 bits per heavy atom. The van der Waals surface area contributed by atoms with Gasteiger partial charge in [0.1, 0.15) is 11.6 Å². The van der Waals surface area contributed by atoms with Crippen LogP contribution in [0.3, 0.4) is 0 Å². The zero-order valence-electron chi connectivity index (χ0n) is 17.5. The number of piperazine rings is 1. The fraction of sp³-hybridized carbons (Fsp3) is 0.458. The van der Waals surface area contributed by atoms with E-state index in [1.807, 2.05) is 17.0 Å². The van der Waals surface area contributed by atoms with Gasteiger partial charge in [-0.25, -0.2) is 4.39 Å². The van der Waals surface area contributed by atoms with Crippen LogP contribution in [0.2, 0.25) is 5.02 Å². The highest BCUT2D eigenvalue weighted by molar-refractivity contribution is 6.35. The Bertz CT molecular complexity index is 997. The second kappa shape index (κ2) is 8.41. The zero-order chi connectivity index (χ0) is 21.5. The van der Waals surface area contributed by atoms with Crippen molar-refractivity contribution in [3.63, 3.8) is 0 Å². The van der Waals surface area contributed by atoms with Gasteiger partial charge in [0.15, 0.2) is 0 Å². The lowest BCUT2D eigenvalue weighted by Crippen LogP contribution is -2.59. The lowest BCUT2D eigenvalue weighted by atomic mass is 9.99. The van der Waals surface area contributed by atoms with Crippen LogP contribution in [0, 0.1) is 5.82 Å². The molecule has 2 saturated heterocycles. The van der Waals surface area contributed by atoms with Gasteiger partial charge in [0.05, 0.1) is 36.4 Å². The molecule has 0 bridgehead atoms. The molecule has 0 unspecified atom stereocenters. The number of rotatable bonds is 4. The number of hydrogen-bond acceptors (Lipinski definition) is 4. The summed E-state index contributed by atoms with van der Waals surface area (Å²) in [6.07, 6.45) is 2.08. The molecular weight excluding hydrogens is 419 g/mol. The van der Waals surface area contributed by atoms with Crippen molar-refractivity contribution >= 4 is 17.5 Å². The lowest BCUT2D eigenvalue weighted by Gasteiger charge is -2.46. The van der Waals surface area contributed by atoms with Crippen molar-refractivity contribution in [1.82, 2.24) is 9.80 Å². The summed E-state index contributed by atoms with van der Waals surface area (Å²) >= 11 is 6.36. The van der Waals surface area contributed by atoms with Gasteiger partial charge >= 0.3 is 0 Å². The molecule has 2 aromatic carbocycles. The maximum Gasteiger partial charge on any atom is 0.255 e. The zero-order valence-corrected chi connectivity index (χ0v) is 18.3. The molecular formula is C24H26ClFN2O3. The van der Waals surface area contributed by atoms with Crippen LogP contribution < -0.4 is 4.74 Å². The molecule has 1 aliphatic carbocycles. The van der Waals surface area contributed by atoms with Crippen molar-refractivity contribution in [2.45, 2.75) is 30.9 Å². The number of morpholine rings is 1. The Morgan fingerprint density at radius 1 is 1.19 bits per heavy atom. The summed E-state index contributed by atoms with van der Waals surface area (Å²) in [6.45, 7) is 3.29. The number of carbonyl (C=O) groups excluding carboxylic acids is 1. The van der Waals surface area contributed by atoms with E-state index >= 15 is 0 Å². The highest BCUT2D eigenvalue weighted by Gasteiger charge is 2.37. The van der Waals surface area contributed by atoms with Crippen molar-refractivity contribution < 1.29 is 18.7 Å². The molecule has 2 heterocycles. The van der Waals surface area contributed by atoms with Crippen molar-refractivity contribution in [2.24, 2.45) is 0 Å². The minimum absolute atomic E-state index is 0.0653. The Labute approximate surface area is 186 Å². The van der Waals surface area contributed by atoms with Gasteiger partial charge in [-0.3, -0.25) is 9.69 Å². The van der Waals surface area contributed by atoms with Crippen molar-refractivity contribution in [1.29, 1.82) is 0 Å². The molecule has 2 atom stereocenters. The van der Waals surface area contributed by atoms with Crippen LogP contribution in [0.1, 0.15) is 46.3 Å². The van der Waals surface area contributed by atoms with E-state index in [0.29, 0.717) is 41.9 Å². The van der Waals surface area contributed by atoms with Crippen LogP contribution in [0.15, 0.2) is 36.4 Å². The molecule has 164 valence electrons. The molecule has 1 saturated carbocycles. The first-order valence-electron chi connectivity index (χ1n) is 10.8. The first kappa shape index (κ1) is 20.7. The summed E-state index contributed by atoms with van der Waals surface area (Å²) in [5.74, 6) is 0.677. The Morgan fingerprint density at radius 3 is 2.81 bits per heavy atom. The summed E-state index contributed by atoms with van der Waals surface area (Å²) in [4.78, 5) is 17.3. The SMILES string of the molecule is COc1cccc(C(=O)N2CCN3C[C@@H](c4ccc(F)c(C5CC5)c4)OC[C@@H]3C2)c1Cl. The van der Waals surface area contributed by atoms with Crippen molar-refractivity contribution in [2.75, 3.05) is 39.9 Å². The Kier molecular flexibility index (Phi) is 5.63. The summed E-state index contributed by atoms with van der Waals surface area (Å²) in [7, 11) is 1.54. The minimum atomic E-state index is -0.108. The van der Waals surface area contributed by atoms with Gasteiger partial charge in [0.2, 0.25) is 0 Å². The molecule has 3 aliphatic rings. The van der Waals surface area contributed by atoms with Crippen LogP contribution in [-0.2, 0) is 4.74 Å². The minimum Gasteiger partial charge on any atom is -0.495 e. The molecule has 0 radical (unpaired) electrons. The van der Waals surface area contributed by atoms with Gasteiger partial charge in [-0.2, -0.15) is 0 Å². The maximum absolute atomic E-state index is 14.1. The van der Waals surface area contributed by atoms with E-state index < -0.39 is 0 Å². The topological polar surface area (TPSA) is 42.0 Å². The number of carbonyl (C=O) groups is 1. The molecule has 0 spiro atoms. The van der Waals surface area contributed by atoms with Gasteiger partial charge < -0.3 is 14.4 Å². The first-order chi connectivity index (χ1) is 15.0. The predicted octanol–water partition coefficient (Wildman–Crippen LogP) is 4.26. The van der Waals surface area contributed by atoms with Crippen LogP contribution in [0.5, 0.6) is 5.75 Å². The lowest BCUT2D eigenvalue weighted by molar-refractivity contribution is -0.0858. The van der Waals surface area contributed by atoms with E-state index in [1.165, 1.54) is 0 Å². The average Bonchev–Trinajstić information content (AvgIpc) is 3.64. The van der Waals surface area contributed by atoms with Crippen molar-refractivity contribution in [3.05, 3.63) is 63.9 Å². The molecule has 0 N–H and O–H groups in total. The summed E-state index contributed by atoms with van der Waals surface area (Å²) < 4.78 is 25.5. The highest BCUT2D eigenvalue weighted by Crippen LogP contribution is 2.42. The second-order valence-electron chi connectivity index (χ2n) is 8.60. The van der Waals surface area contributed by atoms with Gasteiger partial charge in [-0.15, -0.1) is 0 Å². The molecule has 3 fully saturated rings. The molecule has 0 aromatic heterocycles. The average molecular weight is 445 g/mol. The van der Waals surface area contributed by atoms with Gasteiger partial charge in [-0.1, -0.05) is 23.7 Å². The Hall–Kier alpha value is -2.15. The van der Waals surface area contributed by atoms with E-state index in [9.17, 15) is 9.18 Å². The number of methoxy groups -OCH3 is 1.